The molecule has 1 aromatic rings. The SMILES string of the molecule is CC(NCCN(C)C)c1ccoc1. The third-order valence-corrected chi connectivity index (χ3v) is 2.05. The van der Waals surface area contributed by atoms with E-state index in [0.29, 0.717) is 6.04 Å². The Morgan fingerprint density at radius 2 is 2.31 bits per heavy atom. The minimum Gasteiger partial charge on any atom is -0.472 e. The van der Waals surface area contributed by atoms with Crippen LogP contribution in [0.5, 0.6) is 0 Å². The van der Waals surface area contributed by atoms with Gasteiger partial charge in [-0.1, -0.05) is 0 Å². The van der Waals surface area contributed by atoms with E-state index in [-0.39, 0.29) is 0 Å². The van der Waals surface area contributed by atoms with E-state index in [9.17, 15) is 0 Å². The van der Waals surface area contributed by atoms with Crippen LogP contribution in [-0.4, -0.2) is 32.1 Å². The highest BCUT2D eigenvalue weighted by Crippen LogP contribution is 2.11. The number of nitrogens with zero attached hydrogens (tertiary/aromatic N) is 1. The predicted molar refractivity (Wildman–Crippen MR) is 53.7 cm³/mol. The summed E-state index contributed by atoms with van der Waals surface area (Å²) in [4.78, 5) is 2.16. The Morgan fingerprint density at radius 3 is 2.85 bits per heavy atom. The van der Waals surface area contributed by atoms with Crippen LogP contribution in [0.2, 0.25) is 0 Å². The van der Waals surface area contributed by atoms with Gasteiger partial charge in [0.1, 0.15) is 0 Å². The molecular weight excluding hydrogens is 164 g/mol. The molecule has 74 valence electrons. The van der Waals surface area contributed by atoms with Crippen LogP contribution in [-0.2, 0) is 0 Å². The second-order valence-electron chi connectivity index (χ2n) is 3.54. The van der Waals surface area contributed by atoms with E-state index in [1.54, 1.807) is 12.5 Å². The highest BCUT2D eigenvalue weighted by Gasteiger charge is 2.04. The maximum atomic E-state index is 5.01. The van der Waals surface area contributed by atoms with E-state index in [1.807, 2.05) is 6.07 Å². The van der Waals surface area contributed by atoms with Crippen molar-refractivity contribution in [2.75, 3.05) is 27.2 Å². The number of furan rings is 1. The first-order valence-electron chi connectivity index (χ1n) is 4.60. The molecule has 1 unspecified atom stereocenters. The van der Waals surface area contributed by atoms with Crippen molar-refractivity contribution in [3.63, 3.8) is 0 Å². The van der Waals surface area contributed by atoms with Crippen molar-refractivity contribution in [2.24, 2.45) is 0 Å². The molecular formula is C10H18N2O. The quantitative estimate of drug-likeness (QED) is 0.748. The number of rotatable bonds is 5. The fourth-order valence-corrected chi connectivity index (χ4v) is 1.14. The fourth-order valence-electron chi connectivity index (χ4n) is 1.14. The third kappa shape index (κ3) is 3.61. The zero-order valence-corrected chi connectivity index (χ0v) is 8.58. The molecule has 0 amide bonds. The zero-order valence-electron chi connectivity index (χ0n) is 8.58. The third-order valence-electron chi connectivity index (χ3n) is 2.05. The maximum absolute atomic E-state index is 5.01. The van der Waals surface area contributed by atoms with Gasteiger partial charge in [-0.2, -0.15) is 0 Å². The van der Waals surface area contributed by atoms with Crippen LogP contribution >= 0.6 is 0 Å². The van der Waals surface area contributed by atoms with Gasteiger partial charge in [0, 0.05) is 24.7 Å². The molecule has 0 aliphatic heterocycles. The van der Waals surface area contributed by atoms with E-state index in [4.69, 9.17) is 4.42 Å². The second-order valence-corrected chi connectivity index (χ2v) is 3.54. The molecule has 0 aliphatic carbocycles. The highest BCUT2D eigenvalue weighted by atomic mass is 16.3. The van der Waals surface area contributed by atoms with Crippen LogP contribution in [0, 0.1) is 0 Å². The molecule has 1 atom stereocenters. The Hall–Kier alpha value is -0.800. The van der Waals surface area contributed by atoms with Crippen molar-refractivity contribution in [3.8, 4) is 0 Å². The largest absolute Gasteiger partial charge is 0.472 e. The first-order valence-corrected chi connectivity index (χ1v) is 4.60. The minimum absolute atomic E-state index is 0.374. The van der Waals surface area contributed by atoms with Crippen LogP contribution in [0.4, 0.5) is 0 Å². The lowest BCUT2D eigenvalue weighted by atomic mass is 10.2. The van der Waals surface area contributed by atoms with Crippen LogP contribution < -0.4 is 5.32 Å². The molecule has 0 radical (unpaired) electrons. The number of hydrogen-bond donors (Lipinski definition) is 1. The van der Waals surface area contributed by atoms with Crippen LogP contribution in [0.25, 0.3) is 0 Å². The van der Waals surface area contributed by atoms with Gasteiger partial charge < -0.3 is 14.6 Å². The maximum Gasteiger partial charge on any atom is 0.0950 e. The van der Waals surface area contributed by atoms with Crippen molar-refractivity contribution in [1.82, 2.24) is 10.2 Å². The lowest BCUT2D eigenvalue weighted by molar-refractivity contribution is 0.388. The molecule has 0 aromatic carbocycles. The Morgan fingerprint density at radius 1 is 1.54 bits per heavy atom. The Bertz CT molecular complexity index is 219. The molecule has 0 fully saturated rings. The smallest absolute Gasteiger partial charge is 0.0950 e. The van der Waals surface area contributed by atoms with Gasteiger partial charge >= 0.3 is 0 Å². The summed E-state index contributed by atoms with van der Waals surface area (Å²) in [5.74, 6) is 0. The lowest BCUT2D eigenvalue weighted by Crippen LogP contribution is -2.28. The van der Waals surface area contributed by atoms with E-state index in [1.165, 1.54) is 5.56 Å². The normalized spacial score (nSPS) is 13.5. The van der Waals surface area contributed by atoms with Crippen molar-refractivity contribution in [2.45, 2.75) is 13.0 Å². The number of hydrogen-bond acceptors (Lipinski definition) is 3. The van der Waals surface area contributed by atoms with Gasteiger partial charge in [-0.3, -0.25) is 0 Å². The average Bonchev–Trinajstić information content (AvgIpc) is 2.55. The fraction of sp³-hybridized carbons (Fsp3) is 0.600. The summed E-state index contributed by atoms with van der Waals surface area (Å²) in [6.45, 7) is 4.20. The summed E-state index contributed by atoms with van der Waals surface area (Å²) >= 11 is 0. The molecule has 0 spiro atoms. The van der Waals surface area contributed by atoms with Crippen molar-refractivity contribution in [3.05, 3.63) is 24.2 Å². The topological polar surface area (TPSA) is 28.4 Å². The molecule has 1 aromatic heterocycles. The minimum atomic E-state index is 0.374. The zero-order chi connectivity index (χ0) is 9.68. The predicted octanol–water partition coefficient (Wildman–Crippen LogP) is 1.49. The molecule has 1 N–H and O–H groups in total. The highest BCUT2D eigenvalue weighted by molar-refractivity contribution is 5.09. The molecule has 0 saturated carbocycles. The van der Waals surface area contributed by atoms with Gasteiger partial charge in [0.25, 0.3) is 0 Å². The molecule has 0 bridgehead atoms. The van der Waals surface area contributed by atoms with E-state index in [0.717, 1.165) is 13.1 Å². The Balaban J connectivity index is 2.22. The number of nitrogens with one attached hydrogen (secondary N) is 1. The molecule has 1 rings (SSSR count). The van der Waals surface area contributed by atoms with Crippen molar-refractivity contribution in [1.29, 1.82) is 0 Å². The molecule has 1 heterocycles. The number of likely N-dealkylation sites (N-methyl/N-ethyl adjacent to an activating group) is 1. The first-order chi connectivity index (χ1) is 6.20. The summed E-state index contributed by atoms with van der Waals surface area (Å²) in [7, 11) is 4.15. The molecule has 13 heavy (non-hydrogen) atoms. The second kappa shape index (κ2) is 5.04. The summed E-state index contributed by atoms with van der Waals surface area (Å²) < 4.78 is 5.01. The van der Waals surface area contributed by atoms with Crippen LogP contribution in [0.3, 0.4) is 0 Å². The Labute approximate surface area is 79.7 Å². The Kier molecular flexibility index (Phi) is 3.99. The van der Waals surface area contributed by atoms with Crippen molar-refractivity contribution >= 4 is 0 Å². The standard InChI is InChI=1S/C10H18N2O/c1-9(10-4-7-13-8-10)11-5-6-12(2)3/h4,7-9,11H,5-6H2,1-3H3. The van der Waals surface area contributed by atoms with E-state index in [2.05, 4.69) is 31.2 Å². The van der Waals surface area contributed by atoms with Gasteiger partial charge in [-0.25, -0.2) is 0 Å². The molecule has 0 aliphatic rings. The van der Waals surface area contributed by atoms with Crippen LogP contribution in [0.1, 0.15) is 18.5 Å². The van der Waals surface area contributed by atoms with E-state index < -0.39 is 0 Å². The lowest BCUT2D eigenvalue weighted by Gasteiger charge is -2.14. The molecule has 0 saturated heterocycles. The van der Waals surface area contributed by atoms with Gasteiger partial charge in [0.05, 0.1) is 12.5 Å². The van der Waals surface area contributed by atoms with Gasteiger partial charge in [-0.05, 0) is 27.1 Å². The summed E-state index contributed by atoms with van der Waals surface area (Å²) in [5.41, 5.74) is 1.21. The van der Waals surface area contributed by atoms with Crippen LogP contribution in [0.15, 0.2) is 23.0 Å². The van der Waals surface area contributed by atoms with Gasteiger partial charge in [0.15, 0.2) is 0 Å². The molecule has 3 nitrogen and oxygen atoms in total. The average molecular weight is 182 g/mol. The summed E-state index contributed by atoms with van der Waals surface area (Å²) in [5, 5.41) is 3.41. The van der Waals surface area contributed by atoms with Gasteiger partial charge in [-0.15, -0.1) is 0 Å². The van der Waals surface area contributed by atoms with Crippen molar-refractivity contribution < 1.29 is 4.42 Å². The summed E-state index contributed by atoms with van der Waals surface area (Å²) in [6.07, 6.45) is 3.49. The van der Waals surface area contributed by atoms with E-state index >= 15 is 0 Å². The first kappa shape index (κ1) is 10.3. The van der Waals surface area contributed by atoms with Gasteiger partial charge in [0.2, 0.25) is 0 Å². The summed E-state index contributed by atoms with van der Waals surface area (Å²) in [6, 6.07) is 2.37. The molecule has 3 heteroatoms. The monoisotopic (exact) mass is 182 g/mol.